The molecule has 1 aliphatic heterocycles. The van der Waals surface area contributed by atoms with Gasteiger partial charge in [0.1, 0.15) is 0 Å². The van der Waals surface area contributed by atoms with Gasteiger partial charge in [-0.2, -0.15) is 5.10 Å². The number of carbonyl (C=O) groups excluding carboxylic acids is 1. The Morgan fingerprint density at radius 2 is 2.35 bits per heavy atom. The van der Waals surface area contributed by atoms with E-state index in [2.05, 4.69) is 34.6 Å². The lowest BCUT2D eigenvalue weighted by Gasteiger charge is -2.22. The zero-order valence-corrected chi connectivity index (χ0v) is 14.9. The summed E-state index contributed by atoms with van der Waals surface area (Å²) in [5.74, 6) is 0.159. The predicted octanol–water partition coefficient (Wildman–Crippen LogP) is 3.06. The molecule has 1 amide bonds. The first kappa shape index (κ1) is 17.9. The Balaban J connectivity index is 0.00000192. The van der Waals surface area contributed by atoms with E-state index in [4.69, 9.17) is 0 Å². The zero-order chi connectivity index (χ0) is 15.5. The summed E-state index contributed by atoms with van der Waals surface area (Å²) in [6.07, 6.45) is 4.12. The molecule has 0 radical (unpaired) electrons. The Kier molecular flexibility index (Phi) is 6.15. The first-order chi connectivity index (χ1) is 10.6. The topological polar surface area (TPSA) is 71.8 Å². The van der Waals surface area contributed by atoms with Crippen LogP contribution >= 0.6 is 23.7 Å². The van der Waals surface area contributed by atoms with E-state index < -0.39 is 0 Å². The van der Waals surface area contributed by atoms with E-state index in [1.165, 1.54) is 11.3 Å². The number of nitrogens with zero attached hydrogens (tertiary/aromatic N) is 3. The van der Waals surface area contributed by atoms with Gasteiger partial charge in [-0.3, -0.25) is 14.8 Å². The van der Waals surface area contributed by atoms with Crippen LogP contribution in [0.3, 0.4) is 0 Å². The second-order valence-electron chi connectivity index (χ2n) is 5.87. The maximum atomic E-state index is 12.3. The van der Waals surface area contributed by atoms with Gasteiger partial charge in [-0.05, 0) is 31.4 Å². The maximum Gasteiger partial charge on any atom is 0.277 e. The van der Waals surface area contributed by atoms with Crippen molar-refractivity contribution in [3.8, 4) is 0 Å². The van der Waals surface area contributed by atoms with E-state index in [0.29, 0.717) is 22.8 Å². The van der Waals surface area contributed by atoms with Crippen molar-refractivity contribution in [2.75, 3.05) is 18.4 Å². The van der Waals surface area contributed by atoms with E-state index in [-0.39, 0.29) is 18.3 Å². The first-order valence-corrected chi connectivity index (χ1v) is 8.54. The summed E-state index contributed by atoms with van der Waals surface area (Å²) >= 11 is 1.45. The molecule has 23 heavy (non-hydrogen) atoms. The van der Waals surface area contributed by atoms with E-state index >= 15 is 0 Å². The Labute approximate surface area is 146 Å². The lowest BCUT2D eigenvalue weighted by Crippen LogP contribution is -2.32. The Hall–Kier alpha value is -1.44. The molecule has 2 N–H and O–H groups in total. The summed E-state index contributed by atoms with van der Waals surface area (Å²) < 4.78 is 1.89. The van der Waals surface area contributed by atoms with Crippen molar-refractivity contribution in [1.82, 2.24) is 20.1 Å². The van der Waals surface area contributed by atoms with Crippen molar-refractivity contribution in [2.24, 2.45) is 0 Å². The quantitative estimate of drug-likeness (QED) is 0.884. The highest BCUT2D eigenvalue weighted by atomic mass is 35.5. The fourth-order valence-electron chi connectivity index (χ4n) is 2.49. The minimum absolute atomic E-state index is 0. The molecule has 0 saturated carbocycles. The van der Waals surface area contributed by atoms with E-state index in [9.17, 15) is 4.79 Å². The number of thiazole rings is 1. The molecule has 0 spiro atoms. The van der Waals surface area contributed by atoms with Crippen LogP contribution in [0.4, 0.5) is 5.13 Å². The number of halogens is 1. The maximum absolute atomic E-state index is 12.3. The average molecular weight is 356 g/mol. The first-order valence-electron chi connectivity index (χ1n) is 7.66. The van der Waals surface area contributed by atoms with Crippen LogP contribution in [0.2, 0.25) is 0 Å². The third-order valence-electron chi connectivity index (χ3n) is 3.82. The number of anilines is 1. The summed E-state index contributed by atoms with van der Waals surface area (Å²) in [6, 6.07) is 2.10. The molecule has 3 heterocycles. The Morgan fingerprint density at radius 1 is 1.52 bits per heavy atom. The van der Waals surface area contributed by atoms with Crippen molar-refractivity contribution in [2.45, 2.75) is 38.6 Å². The molecule has 8 heteroatoms. The molecule has 0 bridgehead atoms. The highest BCUT2D eigenvalue weighted by Crippen LogP contribution is 2.22. The van der Waals surface area contributed by atoms with Gasteiger partial charge in [0.15, 0.2) is 10.8 Å². The molecule has 126 valence electrons. The standard InChI is InChI=1S/C15H21N5OS.ClH/c1-10(2)13-9-22-15(17-13)18-14(21)12-5-7-20(19-12)11-4-3-6-16-8-11;/h5,7,9-11,16H,3-4,6,8H2,1-2H3,(H,17,18,21);1H. The van der Waals surface area contributed by atoms with Gasteiger partial charge in [0.05, 0.1) is 11.7 Å². The van der Waals surface area contributed by atoms with Crippen molar-refractivity contribution < 1.29 is 4.79 Å². The number of piperidine rings is 1. The van der Waals surface area contributed by atoms with Crippen LogP contribution in [0, 0.1) is 0 Å². The van der Waals surface area contributed by atoms with Gasteiger partial charge in [-0.1, -0.05) is 13.8 Å². The molecule has 6 nitrogen and oxygen atoms in total. The van der Waals surface area contributed by atoms with Crippen LogP contribution in [-0.4, -0.2) is 33.8 Å². The summed E-state index contributed by atoms with van der Waals surface area (Å²) in [4.78, 5) is 16.7. The second kappa shape index (κ2) is 7.90. The van der Waals surface area contributed by atoms with Gasteiger partial charge >= 0.3 is 0 Å². The van der Waals surface area contributed by atoms with Gasteiger partial charge in [-0.25, -0.2) is 4.98 Å². The van der Waals surface area contributed by atoms with Crippen molar-refractivity contribution in [3.05, 3.63) is 29.0 Å². The minimum atomic E-state index is -0.202. The number of hydrogen-bond donors (Lipinski definition) is 2. The SMILES string of the molecule is CC(C)c1csc(NC(=O)c2ccn(C3CCCNC3)n2)n1.Cl. The number of nitrogens with one attached hydrogen (secondary N) is 2. The molecule has 1 atom stereocenters. The molecular weight excluding hydrogens is 334 g/mol. The largest absolute Gasteiger partial charge is 0.315 e. The Bertz CT molecular complexity index is 648. The zero-order valence-electron chi connectivity index (χ0n) is 13.3. The summed E-state index contributed by atoms with van der Waals surface area (Å²) in [5.41, 5.74) is 1.44. The molecule has 3 rings (SSSR count). The van der Waals surface area contributed by atoms with Crippen molar-refractivity contribution >= 4 is 34.8 Å². The summed E-state index contributed by atoms with van der Waals surface area (Å²) in [5, 5.41) is 13.2. The molecular formula is C15H22ClN5OS. The predicted molar refractivity (Wildman–Crippen MR) is 94.8 cm³/mol. The molecule has 0 aliphatic carbocycles. The highest BCUT2D eigenvalue weighted by Gasteiger charge is 2.18. The number of carbonyl (C=O) groups is 1. The molecule has 1 fully saturated rings. The van der Waals surface area contributed by atoms with Gasteiger partial charge < -0.3 is 5.32 Å². The van der Waals surface area contributed by atoms with Crippen LogP contribution in [0.15, 0.2) is 17.6 Å². The summed E-state index contributed by atoms with van der Waals surface area (Å²) in [6.45, 7) is 6.14. The van der Waals surface area contributed by atoms with Crippen LogP contribution in [0.1, 0.15) is 54.8 Å². The van der Waals surface area contributed by atoms with Gasteiger partial charge in [0.25, 0.3) is 5.91 Å². The fourth-order valence-corrected chi connectivity index (χ4v) is 3.36. The molecule has 1 saturated heterocycles. The number of aromatic nitrogens is 3. The summed E-state index contributed by atoms with van der Waals surface area (Å²) in [7, 11) is 0. The minimum Gasteiger partial charge on any atom is -0.315 e. The number of rotatable bonds is 4. The second-order valence-corrected chi connectivity index (χ2v) is 6.73. The molecule has 0 aromatic carbocycles. The van der Waals surface area contributed by atoms with E-state index in [0.717, 1.165) is 31.6 Å². The third kappa shape index (κ3) is 4.31. The third-order valence-corrected chi connectivity index (χ3v) is 4.60. The van der Waals surface area contributed by atoms with E-state index in [1.54, 1.807) is 6.07 Å². The van der Waals surface area contributed by atoms with Gasteiger partial charge in [0, 0.05) is 18.1 Å². The van der Waals surface area contributed by atoms with Gasteiger partial charge in [0.2, 0.25) is 0 Å². The van der Waals surface area contributed by atoms with Crippen LogP contribution in [0.5, 0.6) is 0 Å². The van der Waals surface area contributed by atoms with Crippen molar-refractivity contribution in [1.29, 1.82) is 0 Å². The van der Waals surface area contributed by atoms with Gasteiger partial charge in [-0.15, -0.1) is 23.7 Å². The highest BCUT2D eigenvalue weighted by molar-refractivity contribution is 7.14. The molecule has 1 aliphatic rings. The average Bonchev–Trinajstić information content (AvgIpc) is 3.17. The number of amides is 1. The van der Waals surface area contributed by atoms with E-state index in [1.807, 2.05) is 16.3 Å². The Morgan fingerprint density at radius 3 is 3.00 bits per heavy atom. The lowest BCUT2D eigenvalue weighted by atomic mass is 10.1. The van der Waals surface area contributed by atoms with Crippen LogP contribution in [-0.2, 0) is 0 Å². The molecule has 2 aromatic heterocycles. The molecule has 2 aromatic rings. The monoisotopic (exact) mass is 355 g/mol. The smallest absolute Gasteiger partial charge is 0.277 e. The lowest BCUT2D eigenvalue weighted by molar-refractivity contribution is 0.102. The van der Waals surface area contributed by atoms with Crippen molar-refractivity contribution in [3.63, 3.8) is 0 Å². The molecule has 1 unspecified atom stereocenters. The normalized spacial score (nSPS) is 17.8. The fraction of sp³-hybridized carbons (Fsp3) is 0.533. The van der Waals surface area contributed by atoms with Crippen LogP contribution in [0.25, 0.3) is 0 Å². The van der Waals surface area contributed by atoms with Crippen LogP contribution < -0.4 is 10.6 Å². The number of hydrogen-bond acceptors (Lipinski definition) is 5.